The summed E-state index contributed by atoms with van der Waals surface area (Å²) >= 11 is 1.55. The van der Waals surface area contributed by atoms with Gasteiger partial charge in [0.15, 0.2) is 0 Å². The van der Waals surface area contributed by atoms with Gasteiger partial charge in [-0.05, 0) is 50.1 Å². The summed E-state index contributed by atoms with van der Waals surface area (Å²) in [4.78, 5) is 24.9. The number of aryl methyl sites for hydroxylation is 1. The van der Waals surface area contributed by atoms with Crippen LogP contribution in [0.3, 0.4) is 0 Å². The lowest BCUT2D eigenvalue weighted by Crippen LogP contribution is -2.37. The minimum Gasteiger partial charge on any atom is -0.464 e. The van der Waals surface area contributed by atoms with E-state index < -0.39 is 12.0 Å². The fourth-order valence-electron chi connectivity index (χ4n) is 2.78. The molecule has 0 radical (unpaired) electrons. The summed E-state index contributed by atoms with van der Waals surface area (Å²) in [7, 11) is 0. The molecular formula is C21H21N3O3S. The zero-order chi connectivity index (χ0) is 20.1. The summed E-state index contributed by atoms with van der Waals surface area (Å²) in [6, 6.07) is 10.4. The monoisotopic (exact) mass is 395 g/mol. The molecule has 3 rings (SSSR count). The van der Waals surface area contributed by atoms with Gasteiger partial charge >= 0.3 is 5.97 Å². The van der Waals surface area contributed by atoms with Crippen molar-refractivity contribution in [2.45, 2.75) is 32.2 Å². The lowest BCUT2D eigenvalue weighted by atomic mass is 10.1. The molecule has 2 heterocycles. The average Bonchev–Trinajstić information content (AvgIpc) is 3.26. The maximum Gasteiger partial charge on any atom is 0.328 e. The molecule has 0 spiro atoms. The number of ether oxygens (including phenoxy) is 1. The Bertz CT molecular complexity index is 941. The van der Waals surface area contributed by atoms with Crippen molar-refractivity contribution in [1.29, 1.82) is 5.26 Å². The Balaban J connectivity index is 1.65. The molecule has 7 heteroatoms. The van der Waals surface area contributed by atoms with Crippen LogP contribution in [-0.4, -0.2) is 24.5 Å². The number of hydrogen-bond donors (Lipinski definition) is 2. The Morgan fingerprint density at radius 3 is 2.75 bits per heavy atom. The molecule has 0 aliphatic carbocycles. The number of nitriles is 1. The molecule has 1 aliphatic rings. The summed E-state index contributed by atoms with van der Waals surface area (Å²) in [6.45, 7) is 6.24. The van der Waals surface area contributed by atoms with Gasteiger partial charge in [-0.25, -0.2) is 4.79 Å². The number of allylic oxidation sites excluding steroid dienone is 1. The molecule has 28 heavy (non-hydrogen) atoms. The molecule has 1 aromatic heterocycles. The van der Waals surface area contributed by atoms with Crippen molar-refractivity contribution in [1.82, 2.24) is 5.32 Å². The van der Waals surface area contributed by atoms with Crippen LogP contribution in [0.5, 0.6) is 0 Å². The minimum atomic E-state index is -0.577. The molecule has 6 nitrogen and oxygen atoms in total. The number of anilines is 2. The molecule has 2 N–H and O–H groups in total. The summed E-state index contributed by atoms with van der Waals surface area (Å²) in [5.41, 5.74) is 2.95. The van der Waals surface area contributed by atoms with E-state index in [0.29, 0.717) is 24.2 Å². The molecule has 0 bridgehead atoms. The van der Waals surface area contributed by atoms with Crippen LogP contribution in [0, 0.1) is 11.3 Å². The Kier molecular flexibility index (Phi) is 6.12. The molecule has 0 saturated carbocycles. The number of esters is 1. The summed E-state index contributed by atoms with van der Waals surface area (Å²) in [5, 5.41) is 16.1. The molecule has 1 aliphatic heterocycles. The third-order valence-electron chi connectivity index (χ3n) is 4.35. The quantitative estimate of drug-likeness (QED) is 0.548. The van der Waals surface area contributed by atoms with Crippen LogP contribution in [-0.2, 0) is 16.0 Å². The van der Waals surface area contributed by atoms with Crippen LogP contribution >= 0.6 is 11.3 Å². The minimum absolute atomic E-state index is 0.314. The Morgan fingerprint density at radius 2 is 2.14 bits per heavy atom. The summed E-state index contributed by atoms with van der Waals surface area (Å²) in [6.07, 6.45) is 2.25. The van der Waals surface area contributed by atoms with Crippen molar-refractivity contribution in [2.24, 2.45) is 0 Å². The maximum atomic E-state index is 12.3. The van der Waals surface area contributed by atoms with Crippen molar-refractivity contribution in [3.63, 3.8) is 0 Å². The van der Waals surface area contributed by atoms with Gasteiger partial charge in [0.2, 0.25) is 0 Å². The average molecular weight is 395 g/mol. The van der Waals surface area contributed by atoms with Gasteiger partial charge in [0.05, 0.1) is 12.2 Å². The Hall–Kier alpha value is -3.11. The molecule has 144 valence electrons. The van der Waals surface area contributed by atoms with E-state index in [4.69, 9.17) is 4.74 Å². The Labute approximate surface area is 167 Å². The first-order valence-corrected chi connectivity index (χ1v) is 9.79. The molecule has 1 amide bonds. The molecule has 1 aromatic carbocycles. The number of rotatable bonds is 7. The van der Waals surface area contributed by atoms with Crippen molar-refractivity contribution in [3.05, 3.63) is 58.5 Å². The smallest absolute Gasteiger partial charge is 0.328 e. The fraction of sp³-hybridized carbons (Fsp3) is 0.286. The van der Waals surface area contributed by atoms with Crippen LogP contribution in [0.15, 0.2) is 42.5 Å². The van der Waals surface area contributed by atoms with Gasteiger partial charge in [-0.3, -0.25) is 4.79 Å². The normalized spacial score (nSPS) is 15.6. The first-order chi connectivity index (χ1) is 13.5. The van der Waals surface area contributed by atoms with Crippen LogP contribution < -0.4 is 10.6 Å². The lowest BCUT2D eigenvalue weighted by molar-refractivity contribution is -0.139. The molecule has 2 aromatic rings. The first-order valence-electron chi connectivity index (χ1n) is 8.98. The van der Waals surface area contributed by atoms with Crippen LogP contribution in [0.25, 0.3) is 0 Å². The SMILES string of the molecule is C=C(C)CCc1cc(C#N)c(Nc2ccc(C(=O)NC3CCOC3=O)cc2)s1. The third-order valence-corrected chi connectivity index (χ3v) is 5.46. The van der Waals surface area contributed by atoms with E-state index in [1.165, 1.54) is 0 Å². The van der Waals surface area contributed by atoms with Crippen LogP contribution in [0.4, 0.5) is 10.7 Å². The number of carbonyl (C=O) groups is 2. The number of benzene rings is 1. The topological polar surface area (TPSA) is 91.2 Å². The van der Waals surface area contributed by atoms with Crippen LogP contribution in [0.2, 0.25) is 0 Å². The van der Waals surface area contributed by atoms with E-state index in [1.54, 1.807) is 35.6 Å². The second kappa shape index (κ2) is 8.72. The van der Waals surface area contributed by atoms with E-state index in [-0.39, 0.29) is 5.91 Å². The highest BCUT2D eigenvalue weighted by atomic mass is 32.1. The lowest BCUT2D eigenvalue weighted by Gasteiger charge is -2.10. The van der Waals surface area contributed by atoms with E-state index in [0.717, 1.165) is 34.0 Å². The van der Waals surface area contributed by atoms with E-state index >= 15 is 0 Å². The number of nitrogens with one attached hydrogen (secondary N) is 2. The van der Waals surface area contributed by atoms with Gasteiger partial charge in [-0.2, -0.15) is 5.26 Å². The second-order valence-electron chi connectivity index (χ2n) is 6.71. The number of nitrogens with zero attached hydrogens (tertiary/aromatic N) is 1. The van der Waals surface area contributed by atoms with Crippen molar-refractivity contribution < 1.29 is 14.3 Å². The van der Waals surface area contributed by atoms with Gasteiger partial charge < -0.3 is 15.4 Å². The van der Waals surface area contributed by atoms with Crippen molar-refractivity contribution >= 4 is 33.9 Å². The highest BCUT2D eigenvalue weighted by Gasteiger charge is 2.28. The van der Waals surface area contributed by atoms with E-state index in [1.807, 2.05) is 13.0 Å². The second-order valence-corrected chi connectivity index (χ2v) is 7.85. The van der Waals surface area contributed by atoms with Gasteiger partial charge in [0, 0.05) is 22.5 Å². The number of hydrogen-bond acceptors (Lipinski definition) is 6. The standard InChI is InChI=1S/C21H21N3O3S/c1-13(2)3-8-17-11-15(12-22)20(28-17)23-16-6-4-14(5-7-16)19(25)24-18-9-10-27-21(18)26/h4-7,11,18,23H,1,3,8-10H2,2H3,(H,24,25). The fourth-order valence-corrected chi connectivity index (χ4v) is 3.81. The third kappa shape index (κ3) is 4.78. The van der Waals surface area contributed by atoms with Gasteiger partial charge in [0.1, 0.15) is 17.1 Å². The predicted octanol–water partition coefficient (Wildman–Crippen LogP) is 3.92. The summed E-state index contributed by atoms with van der Waals surface area (Å²) in [5.74, 6) is -0.706. The van der Waals surface area contributed by atoms with Gasteiger partial charge in [-0.15, -0.1) is 17.9 Å². The van der Waals surface area contributed by atoms with E-state index in [9.17, 15) is 14.9 Å². The molecular weight excluding hydrogens is 374 g/mol. The highest BCUT2D eigenvalue weighted by Crippen LogP contribution is 2.31. The zero-order valence-corrected chi connectivity index (χ0v) is 16.4. The largest absolute Gasteiger partial charge is 0.464 e. The summed E-state index contributed by atoms with van der Waals surface area (Å²) < 4.78 is 4.85. The molecule has 1 fully saturated rings. The first kappa shape index (κ1) is 19.6. The van der Waals surface area contributed by atoms with Crippen molar-refractivity contribution in [3.8, 4) is 6.07 Å². The number of amides is 1. The maximum absolute atomic E-state index is 12.3. The Morgan fingerprint density at radius 1 is 1.39 bits per heavy atom. The highest BCUT2D eigenvalue weighted by molar-refractivity contribution is 7.16. The molecule has 1 saturated heterocycles. The number of carbonyl (C=O) groups excluding carboxylic acids is 2. The predicted molar refractivity (Wildman–Crippen MR) is 109 cm³/mol. The van der Waals surface area contributed by atoms with Gasteiger partial charge in [-0.1, -0.05) is 5.57 Å². The zero-order valence-electron chi connectivity index (χ0n) is 15.6. The van der Waals surface area contributed by atoms with E-state index in [2.05, 4.69) is 23.3 Å². The van der Waals surface area contributed by atoms with Crippen LogP contribution in [0.1, 0.15) is 40.6 Å². The van der Waals surface area contributed by atoms with Gasteiger partial charge in [0.25, 0.3) is 5.91 Å². The van der Waals surface area contributed by atoms with Crippen molar-refractivity contribution in [2.75, 3.05) is 11.9 Å². The molecule has 1 unspecified atom stereocenters. The molecule has 1 atom stereocenters. The number of cyclic esters (lactones) is 1. The number of thiophene rings is 1.